The molecule has 0 spiro atoms. The number of hydrogen-bond donors (Lipinski definition) is 1. The number of nitrogens with zero attached hydrogens (tertiary/aromatic N) is 1. The molecule has 17 heavy (non-hydrogen) atoms. The second-order valence-corrected chi connectivity index (χ2v) is 7.86. The van der Waals surface area contributed by atoms with E-state index in [1.165, 1.54) is 0 Å². The molecule has 0 radical (unpaired) electrons. The Hall–Kier alpha value is -0.460. The van der Waals surface area contributed by atoms with Gasteiger partial charge >= 0.3 is 0 Å². The Kier molecular flexibility index (Phi) is 3.85. The number of rotatable bonds is 4. The van der Waals surface area contributed by atoms with Crippen molar-refractivity contribution in [1.82, 2.24) is 10.3 Å². The zero-order valence-corrected chi connectivity index (χ0v) is 11.8. The van der Waals surface area contributed by atoms with Crippen molar-refractivity contribution in [3.63, 3.8) is 0 Å². The Labute approximate surface area is 106 Å². The van der Waals surface area contributed by atoms with Gasteiger partial charge in [0.05, 0.1) is 21.7 Å². The number of thiazole rings is 1. The van der Waals surface area contributed by atoms with E-state index < -0.39 is 9.84 Å². The maximum Gasteiger partial charge on any atom is 0.153 e. The lowest BCUT2D eigenvalue weighted by Crippen LogP contribution is -2.18. The van der Waals surface area contributed by atoms with Gasteiger partial charge in [0.25, 0.3) is 0 Å². The molecule has 4 nitrogen and oxygen atoms in total. The Morgan fingerprint density at radius 1 is 1.65 bits per heavy atom. The summed E-state index contributed by atoms with van der Waals surface area (Å²) in [5.74, 6) is 0.350. The molecule has 2 heterocycles. The maximum atomic E-state index is 11.7. The van der Waals surface area contributed by atoms with Gasteiger partial charge in [0, 0.05) is 17.8 Å². The second-order valence-electron chi connectivity index (χ2n) is 4.51. The average molecular weight is 274 g/mol. The van der Waals surface area contributed by atoms with Gasteiger partial charge in [-0.3, -0.25) is 0 Å². The van der Waals surface area contributed by atoms with E-state index in [1.54, 1.807) is 11.3 Å². The fraction of sp³-hybridized carbons (Fsp3) is 0.727. The van der Waals surface area contributed by atoms with Crippen LogP contribution in [0.15, 0.2) is 5.38 Å². The topological polar surface area (TPSA) is 59.1 Å². The van der Waals surface area contributed by atoms with Crippen LogP contribution in [-0.2, 0) is 16.3 Å². The lowest BCUT2D eigenvalue weighted by Gasteiger charge is -2.07. The molecule has 1 aliphatic rings. The van der Waals surface area contributed by atoms with Crippen molar-refractivity contribution in [3.05, 3.63) is 16.1 Å². The van der Waals surface area contributed by atoms with Crippen molar-refractivity contribution in [2.75, 3.05) is 12.8 Å². The molecule has 1 aromatic heterocycles. The first-order chi connectivity index (χ1) is 8.03. The van der Waals surface area contributed by atoms with Gasteiger partial charge in [-0.1, -0.05) is 0 Å². The molecule has 2 atom stereocenters. The van der Waals surface area contributed by atoms with Crippen molar-refractivity contribution in [3.8, 4) is 0 Å². The van der Waals surface area contributed by atoms with Gasteiger partial charge in [-0.15, -0.1) is 11.3 Å². The predicted molar refractivity (Wildman–Crippen MR) is 70.1 cm³/mol. The molecule has 6 heteroatoms. The molecule has 0 saturated carbocycles. The number of nitrogens with one attached hydrogen (secondary N) is 1. The Balaban J connectivity index is 2.07. The van der Waals surface area contributed by atoms with E-state index in [-0.39, 0.29) is 11.3 Å². The molecule has 1 fully saturated rings. The molecule has 1 saturated heterocycles. The van der Waals surface area contributed by atoms with Gasteiger partial charge in [0.1, 0.15) is 0 Å². The third kappa shape index (κ3) is 2.86. The van der Waals surface area contributed by atoms with E-state index in [0.29, 0.717) is 12.2 Å². The Morgan fingerprint density at radius 3 is 3.00 bits per heavy atom. The van der Waals surface area contributed by atoms with Gasteiger partial charge < -0.3 is 5.32 Å². The summed E-state index contributed by atoms with van der Waals surface area (Å²) in [5.41, 5.74) is 1.00. The molecule has 1 aromatic rings. The maximum absolute atomic E-state index is 11.7. The zero-order valence-electron chi connectivity index (χ0n) is 10.1. The van der Waals surface area contributed by atoms with E-state index in [2.05, 4.69) is 10.3 Å². The highest BCUT2D eigenvalue weighted by Crippen LogP contribution is 2.25. The van der Waals surface area contributed by atoms with Crippen LogP contribution in [-0.4, -0.2) is 31.5 Å². The monoisotopic (exact) mass is 274 g/mol. The zero-order chi connectivity index (χ0) is 12.5. The van der Waals surface area contributed by atoms with Crippen molar-refractivity contribution in [2.24, 2.45) is 0 Å². The number of sulfone groups is 1. The Bertz CT molecular complexity index is 481. The third-order valence-electron chi connectivity index (χ3n) is 3.31. The van der Waals surface area contributed by atoms with Crippen LogP contribution in [0.1, 0.15) is 36.5 Å². The normalized spacial score (nSPS) is 24.9. The number of aromatic nitrogens is 1. The highest BCUT2D eigenvalue weighted by molar-refractivity contribution is 7.92. The summed E-state index contributed by atoms with van der Waals surface area (Å²) in [6.07, 6.45) is 2.18. The predicted octanol–water partition coefficient (Wildman–Crippen LogP) is 1.54. The quantitative estimate of drug-likeness (QED) is 0.905. The smallest absolute Gasteiger partial charge is 0.153 e. The highest BCUT2D eigenvalue weighted by Gasteiger charge is 2.32. The standard InChI is InChI=1S/C11H18N2O2S2/c1-8(12-2)10-7-16-11(13-10)6-9-4-3-5-17(9,14)15/h7-9,12H,3-6H2,1-2H3. The van der Waals surface area contributed by atoms with Crippen LogP contribution < -0.4 is 5.32 Å². The summed E-state index contributed by atoms with van der Waals surface area (Å²) >= 11 is 1.57. The van der Waals surface area contributed by atoms with Gasteiger partial charge in [-0.05, 0) is 26.8 Å². The van der Waals surface area contributed by atoms with Crippen LogP contribution in [0.5, 0.6) is 0 Å². The van der Waals surface area contributed by atoms with Crippen LogP contribution in [0, 0.1) is 0 Å². The number of hydrogen-bond acceptors (Lipinski definition) is 5. The molecule has 0 aromatic carbocycles. The van der Waals surface area contributed by atoms with Gasteiger partial charge in [0.15, 0.2) is 9.84 Å². The summed E-state index contributed by atoms with van der Waals surface area (Å²) < 4.78 is 23.5. The van der Waals surface area contributed by atoms with Crippen LogP contribution >= 0.6 is 11.3 Å². The van der Waals surface area contributed by atoms with E-state index in [4.69, 9.17) is 0 Å². The van der Waals surface area contributed by atoms with Crippen LogP contribution in [0.3, 0.4) is 0 Å². The van der Waals surface area contributed by atoms with Crippen molar-refractivity contribution < 1.29 is 8.42 Å². The summed E-state index contributed by atoms with van der Waals surface area (Å²) in [5, 5.41) is 5.88. The van der Waals surface area contributed by atoms with Gasteiger partial charge in [-0.25, -0.2) is 13.4 Å². The Morgan fingerprint density at radius 2 is 2.41 bits per heavy atom. The molecule has 0 aliphatic carbocycles. The molecule has 96 valence electrons. The highest BCUT2D eigenvalue weighted by atomic mass is 32.2. The van der Waals surface area contributed by atoms with E-state index in [0.717, 1.165) is 23.5 Å². The largest absolute Gasteiger partial charge is 0.312 e. The van der Waals surface area contributed by atoms with Crippen molar-refractivity contribution in [2.45, 2.75) is 37.5 Å². The van der Waals surface area contributed by atoms with Crippen molar-refractivity contribution in [1.29, 1.82) is 0 Å². The minimum absolute atomic E-state index is 0.202. The average Bonchev–Trinajstić information content (AvgIpc) is 2.86. The van der Waals surface area contributed by atoms with E-state index in [1.807, 2.05) is 19.4 Å². The summed E-state index contributed by atoms with van der Waals surface area (Å²) in [4.78, 5) is 4.50. The minimum Gasteiger partial charge on any atom is -0.312 e. The third-order valence-corrected chi connectivity index (χ3v) is 6.48. The van der Waals surface area contributed by atoms with E-state index >= 15 is 0 Å². The molecule has 1 aliphatic heterocycles. The van der Waals surface area contributed by atoms with Crippen LogP contribution in [0.2, 0.25) is 0 Å². The first-order valence-electron chi connectivity index (χ1n) is 5.86. The first kappa shape index (κ1) is 13.0. The molecule has 2 unspecified atom stereocenters. The molecule has 0 amide bonds. The molecule has 2 rings (SSSR count). The molecule has 0 bridgehead atoms. The van der Waals surface area contributed by atoms with Crippen LogP contribution in [0.25, 0.3) is 0 Å². The minimum atomic E-state index is -2.85. The second kappa shape index (κ2) is 5.04. The SMILES string of the molecule is CNC(C)c1csc(CC2CCCS2(=O)=O)n1. The van der Waals surface area contributed by atoms with Gasteiger partial charge in [0.2, 0.25) is 0 Å². The lowest BCUT2D eigenvalue weighted by molar-refractivity contribution is 0.587. The molecule has 1 N–H and O–H groups in total. The lowest BCUT2D eigenvalue weighted by atomic mass is 10.2. The van der Waals surface area contributed by atoms with Crippen molar-refractivity contribution >= 4 is 21.2 Å². The summed E-state index contributed by atoms with van der Waals surface area (Å²) in [6.45, 7) is 2.05. The fourth-order valence-electron chi connectivity index (χ4n) is 2.05. The molecular formula is C11H18N2O2S2. The van der Waals surface area contributed by atoms with Gasteiger partial charge in [-0.2, -0.15) is 0 Å². The fourth-order valence-corrected chi connectivity index (χ4v) is 4.96. The van der Waals surface area contributed by atoms with E-state index in [9.17, 15) is 8.42 Å². The summed E-state index contributed by atoms with van der Waals surface area (Å²) in [7, 11) is -0.957. The summed E-state index contributed by atoms with van der Waals surface area (Å²) in [6, 6.07) is 0.222. The first-order valence-corrected chi connectivity index (χ1v) is 8.45. The van der Waals surface area contributed by atoms with Crippen LogP contribution in [0.4, 0.5) is 0 Å². The molecular weight excluding hydrogens is 256 g/mol.